The van der Waals surface area contributed by atoms with E-state index in [1.807, 2.05) is 6.08 Å². The SMILES string of the molecule is COC(=O)[C@@H]1CC[C@H]([C@]2(CCCCBr)C=C(C)C(=O)O2)N1C(=O)OC(C)(C)C. The Balaban J connectivity index is 2.40. The normalized spacial score (nSPS) is 27.4. The molecule has 8 heteroatoms. The number of unbranched alkanes of at least 4 members (excludes halogenated alkanes) is 1. The van der Waals surface area contributed by atoms with Gasteiger partial charge in [0.05, 0.1) is 13.2 Å². The number of rotatable bonds is 6. The smallest absolute Gasteiger partial charge is 0.411 e. The number of ether oxygens (including phenoxy) is 3. The predicted molar refractivity (Wildman–Crippen MR) is 107 cm³/mol. The predicted octanol–water partition coefficient (Wildman–Crippen LogP) is 3.73. The highest BCUT2D eigenvalue weighted by molar-refractivity contribution is 9.09. The summed E-state index contributed by atoms with van der Waals surface area (Å²) >= 11 is 3.42. The van der Waals surface area contributed by atoms with Crippen LogP contribution in [0, 0.1) is 0 Å². The summed E-state index contributed by atoms with van der Waals surface area (Å²) in [5.74, 6) is -0.876. The summed E-state index contributed by atoms with van der Waals surface area (Å²) in [6.45, 7) is 7.02. The van der Waals surface area contributed by atoms with Crippen molar-refractivity contribution < 1.29 is 28.6 Å². The van der Waals surface area contributed by atoms with Gasteiger partial charge in [-0.15, -0.1) is 0 Å². The van der Waals surface area contributed by atoms with Crippen molar-refractivity contribution in [3.63, 3.8) is 0 Å². The third-order valence-electron chi connectivity index (χ3n) is 5.04. The van der Waals surface area contributed by atoms with Gasteiger partial charge >= 0.3 is 18.0 Å². The van der Waals surface area contributed by atoms with E-state index in [0.717, 1.165) is 18.2 Å². The molecule has 7 nitrogen and oxygen atoms in total. The molecule has 1 saturated heterocycles. The molecule has 2 heterocycles. The van der Waals surface area contributed by atoms with E-state index in [9.17, 15) is 14.4 Å². The maximum atomic E-state index is 13.0. The number of cyclic esters (lactones) is 1. The standard InChI is InChI=1S/C20H30BrNO6/c1-13-12-20(27-16(13)23,10-6-7-11-21)15-9-8-14(17(24)26-5)22(15)18(25)28-19(2,3)4/h12,14-15H,6-11H2,1-5H3/t14-,15+,20-/m0/s1. The second-order valence-corrected chi connectivity index (χ2v) is 9.13. The van der Waals surface area contributed by atoms with Gasteiger partial charge in [0.25, 0.3) is 0 Å². The maximum Gasteiger partial charge on any atom is 0.411 e. The third-order valence-corrected chi connectivity index (χ3v) is 5.60. The first-order valence-electron chi connectivity index (χ1n) is 9.62. The van der Waals surface area contributed by atoms with Gasteiger partial charge in [-0.2, -0.15) is 0 Å². The van der Waals surface area contributed by atoms with Crippen molar-refractivity contribution in [1.82, 2.24) is 4.90 Å². The molecule has 1 fully saturated rings. The number of likely N-dealkylation sites (tertiary alicyclic amines) is 1. The minimum absolute atomic E-state index is 0.385. The lowest BCUT2D eigenvalue weighted by atomic mass is 9.86. The fourth-order valence-corrected chi connectivity index (χ4v) is 4.28. The minimum Gasteiger partial charge on any atom is -0.467 e. The van der Waals surface area contributed by atoms with Crippen LogP contribution in [0.3, 0.4) is 0 Å². The Kier molecular flexibility index (Phi) is 7.17. The summed E-state index contributed by atoms with van der Waals surface area (Å²) in [6.07, 6.45) is 4.45. The zero-order valence-corrected chi connectivity index (χ0v) is 18.8. The number of amides is 1. The molecule has 1 amide bonds. The van der Waals surface area contributed by atoms with Crippen LogP contribution in [0.5, 0.6) is 0 Å². The van der Waals surface area contributed by atoms with Crippen molar-refractivity contribution in [2.24, 2.45) is 0 Å². The van der Waals surface area contributed by atoms with Crippen molar-refractivity contribution in [3.8, 4) is 0 Å². The summed E-state index contributed by atoms with van der Waals surface area (Å²) in [6, 6.07) is -1.24. The fraction of sp³-hybridized carbons (Fsp3) is 0.750. The van der Waals surface area contributed by atoms with Gasteiger partial charge in [0.1, 0.15) is 11.6 Å². The molecule has 0 N–H and O–H groups in total. The van der Waals surface area contributed by atoms with E-state index in [-0.39, 0.29) is 5.97 Å². The van der Waals surface area contributed by atoms with Gasteiger partial charge in [0.15, 0.2) is 5.60 Å². The highest BCUT2D eigenvalue weighted by Crippen LogP contribution is 2.42. The summed E-state index contributed by atoms with van der Waals surface area (Å²) in [5.41, 5.74) is -1.15. The topological polar surface area (TPSA) is 82.1 Å². The quantitative estimate of drug-likeness (QED) is 0.260. The number of hydrogen-bond donors (Lipinski definition) is 0. The summed E-state index contributed by atoms with van der Waals surface area (Å²) in [5, 5.41) is 0.838. The number of carbonyl (C=O) groups is 3. The zero-order valence-electron chi connectivity index (χ0n) is 17.2. The molecule has 0 aromatic heterocycles. The Morgan fingerprint density at radius 3 is 2.50 bits per heavy atom. The van der Waals surface area contributed by atoms with E-state index in [1.54, 1.807) is 27.7 Å². The molecule has 0 aliphatic carbocycles. The first-order valence-corrected chi connectivity index (χ1v) is 10.7. The van der Waals surface area contributed by atoms with Crippen molar-refractivity contribution in [1.29, 1.82) is 0 Å². The molecular formula is C20H30BrNO6. The Bertz CT molecular complexity index is 656. The number of halogens is 1. The lowest BCUT2D eigenvalue weighted by Crippen LogP contribution is -2.56. The van der Waals surface area contributed by atoms with Crippen LogP contribution in [0.1, 0.15) is 59.8 Å². The number of alkyl halides is 1. The van der Waals surface area contributed by atoms with Crippen LogP contribution in [0.25, 0.3) is 0 Å². The van der Waals surface area contributed by atoms with Gasteiger partial charge < -0.3 is 14.2 Å². The van der Waals surface area contributed by atoms with E-state index < -0.39 is 35.3 Å². The van der Waals surface area contributed by atoms with Crippen LogP contribution in [0.4, 0.5) is 4.79 Å². The van der Waals surface area contributed by atoms with Crippen molar-refractivity contribution >= 4 is 34.0 Å². The molecule has 0 bridgehead atoms. The Labute approximate surface area is 174 Å². The molecular weight excluding hydrogens is 430 g/mol. The summed E-state index contributed by atoms with van der Waals surface area (Å²) in [4.78, 5) is 39.0. The van der Waals surface area contributed by atoms with Gasteiger partial charge in [0, 0.05) is 10.9 Å². The second-order valence-electron chi connectivity index (χ2n) is 8.34. The number of nitrogens with zero attached hydrogens (tertiary/aromatic N) is 1. The molecule has 2 rings (SSSR count). The maximum absolute atomic E-state index is 13.0. The summed E-state index contributed by atoms with van der Waals surface area (Å²) < 4.78 is 16.3. The molecule has 0 aromatic rings. The van der Waals surface area contributed by atoms with E-state index >= 15 is 0 Å². The Morgan fingerprint density at radius 2 is 2.00 bits per heavy atom. The fourth-order valence-electron chi connectivity index (χ4n) is 3.89. The third kappa shape index (κ3) is 4.88. The van der Waals surface area contributed by atoms with Crippen LogP contribution in [-0.2, 0) is 23.8 Å². The van der Waals surface area contributed by atoms with Gasteiger partial charge in [-0.05, 0) is 65.9 Å². The molecule has 0 unspecified atom stereocenters. The molecule has 0 aromatic carbocycles. The number of hydrogen-bond acceptors (Lipinski definition) is 6. The van der Waals surface area contributed by atoms with Crippen LogP contribution >= 0.6 is 15.9 Å². The molecule has 2 aliphatic heterocycles. The van der Waals surface area contributed by atoms with Crippen LogP contribution in [0.15, 0.2) is 11.6 Å². The zero-order chi connectivity index (χ0) is 21.1. The number of carbonyl (C=O) groups excluding carboxylic acids is 3. The van der Waals surface area contributed by atoms with Gasteiger partial charge in [-0.1, -0.05) is 15.9 Å². The first kappa shape index (κ1) is 22.7. The van der Waals surface area contributed by atoms with Crippen LogP contribution in [-0.4, -0.2) is 58.7 Å². The van der Waals surface area contributed by atoms with Crippen molar-refractivity contribution in [2.45, 2.75) is 83.1 Å². The monoisotopic (exact) mass is 459 g/mol. The van der Waals surface area contributed by atoms with Crippen molar-refractivity contribution in [3.05, 3.63) is 11.6 Å². The minimum atomic E-state index is -0.955. The van der Waals surface area contributed by atoms with Gasteiger partial charge in [-0.25, -0.2) is 14.4 Å². The Hall–Kier alpha value is -1.57. The van der Waals surface area contributed by atoms with Gasteiger partial charge in [0.2, 0.25) is 0 Å². The lowest BCUT2D eigenvalue weighted by molar-refractivity contribution is -0.154. The van der Waals surface area contributed by atoms with E-state index in [0.29, 0.717) is 24.8 Å². The van der Waals surface area contributed by atoms with Crippen LogP contribution in [0.2, 0.25) is 0 Å². The van der Waals surface area contributed by atoms with Crippen molar-refractivity contribution in [2.75, 3.05) is 12.4 Å². The van der Waals surface area contributed by atoms with E-state index in [4.69, 9.17) is 14.2 Å². The average molecular weight is 460 g/mol. The van der Waals surface area contributed by atoms with E-state index in [2.05, 4.69) is 15.9 Å². The lowest BCUT2D eigenvalue weighted by Gasteiger charge is -2.40. The molecule has 0 radical (unpaired) electrons. The molecule has 0 spiro atoms. The highest BCUT2D eigenvalue weighted by Gasteiger charge is 2.55. The van der Waals surface area contributed by atoms with Crippen LogP contribution < -0.4 is 0 Å². The Morgan fingerprint density at radius 1 is 1.32 bits per heavy atom. The molecule has 0 saturated carbocycles. The summed E-state index contributed by atoms with van der Waals surface area (Å²) in [7, 11) is 1.30. The molecule has 2 aliphatic rings. The first-order chi connectivity index (χ1) is 13.0. The number of methoxy groups -OCH3 is 1. The molecule has 28 heavy (non-hydrogen) atoms. The van der Waals surface area contributed by atoms with E-state index in [1.165, 1.54) is 12.0 Å². The molecule has 3 atom stereocenters. The second kappa shape index (κ2) is 8.84. The number of esters is 2. The largest absolute Gasteiger partial charge is 0.467 e. The van der Waals surface area contributed by atoms with Gasteiger partial charge in [-0.3, -0.25) is 4.90 Å². The average Bonchev–Trinajstić information content (AvgIpc) is 3.16. The molecule has 158 valence electrons. The highest BCUT2D eigenvalue weighted by atomic mass is 79.9.